The molecule has 0 aliphatic carbocycles. The largest absolute Gasteiger partial charge is 0.384 e. The fraction of sp³-hybridized carbons (Fsp3) is 0.250. The van der Waals surface area contributed by atoms with Crippen LogP contribution in [0.3, 0.4) is 0 Å². The second-order valence-electron chi connectivity index (χ2n) is 6.39. The van der Waals surface area contributed by atoms with Gasteiger partial charge in [-0.15, -0.1) is 0 Å². The highest BCUT2D eigenvalue weighted by atomic mass is 16.3. The van der Waals surface area contributed by atoms with Crippen LogP contribution in [0.5, 0.6) is 0 Å². The molecule has 0 amide bonds. The minimum absolute atomic E-state index is 0.626. The number of aromatic nitrogens is 2. The van der Waals surface area contributed by atoms with Crippen molar-refractivity contribution in [1.82, 2.24) is 15.1 Å². The van der Waals surface area contributed by atoms with Crippen LogP contribution in [-0.4, -0.2) is 28.0 Å². The molecule has 24 heavy (non-hydrogen) atoms. The molecule has 4 rings (SSSR count). The summed E-state index contributed by atoms with van der Waals surface area (Å²) in [4.78, 5) is 0. The minimum Gasteiger partial charge on any atom is -0.384 e. The van der Waals surface area contributed by atoms with Crippen molar-refractivity contribution in [3.05, 3.63) is 72.6 Å². The van der Waals surface area contributed by atoms with Gasteiger partial charge in [0.2, 0.25) is 0 Å². The van der Waals surface area contributed by atoms with Crippen molar-refractivity contribution in [3.63, 3.8) is 0 Å². The van der Waals surface area contributed by atoms with E-state index in [0.717, 1.165) is 41.8 Å². The van der Waals surface area contributed by atoms with Crippen molar-refractivity contribution in [2.24, 2.45) is 0 Å². The molecule has 1 saturated heterocycles. The SMILES string of the molecule is OC1(c2ccc(-c3cccc(-n4cccn4)c3)cc2)CCCNC1. The number of benzene rings is 2. The highest BCUT2D eigenvalue weighted by molar-refractivity contribution is 5.66. The Morgan fingerprint density at radius 2 is 1.92 bits per heavy atom. The second kappa shape index (κ2) is 6.23. The summed E-state index contributed by atoms with van der Waals surface area (Å²) < 4.78 is 1.86. The molecule has 1 aromatic heterocycles. The van der Waals surface area contributed by atoms with Crippen LogP contribution in [0.2, 0.25) is 0 Å². The summed E-state index contributed by atoms with van der Waals surface area (Å²) in [6.07, 6.45) is 5.53. The van der Waals surface area contributed by atoms with Crippen LogP contribution in [0.4, 0.5) is 0 Å². The number of piperidine rings is 1. The van der Waals surface area contributed by atoms with Crippen LogP contribution in [-0.2, 0) is 5.60 Å². The number of hydrogen-bond donors (Lipinski definition) is 2. The van der Waals surface area contributed by atoms with E-state index < -0.39 is 5.60 Å². The lowest BCUT2D eigenvalue weighted by Crippen LogP contribution is -2.43. The van der Waals surface area contributed by atoms with Gasteiger partial charge in [0, 0.05) is 18.9 Å². The van der Waals surface area contributed by atoms with Crippen molar-refractivity contribution < 1.29 is 5.11 Å². The number of nitrogens with zero attached hydrogens (tertiary/aromatic N) is 2. The number of aliphatic hydroxyl groups is 1. The summed E-state index contributed by atoms with van der Waals surface area (Å²) in [6.45, 7) is 1.61. The molecular formula is C20H21N3O. The Labute approximate surface area is 141 Å². The van der Waals surface area contributed by atoms with Gasteiger partial charge < -0.3 is 10.4 Å². The van der Waals surface area contributed by atoms with Gasteiger partial charge in [-0.05, 0) is 54.3 Å². The third-order valence-electron chi connectivity index (χ3n) is 4.73. The Morgan fingerprint density at radius 3 is 2.62 bits per heavy atom. The molecule has 1 fully saturated rings. The van der Waals surface area contributed by atoms with Crippen molar-refractivity contribution in [3.8, 4) is 16.8 Å². The minimum atomic E-state index is -0.742. The molecule has 4 heteroatoms. The van der Waals surface area contributed by atoms with E-state index in [1.165, 1.54) is 0 Å². The van der Waals surface area contributed by atoms with E-state index >= 15 is 0 Å². The zero-order valence-electron chi connectivity index (χ0n) is 13.5. The standard InChI is InChI=1S/C20H21N3O/c24-20(10-2-11-21-15-20)18-8-6-16(7-9-18)17-4-1-5-19(14-17)23-13-3-12-22-23/h1,3-9,12-14,21,24H,2,10-11,15H2. The zero-order valence-corrected chi connectivity index (χ0v) is 13.5. The van der Waals surface area contributed by atoms with Gasteiger partial charge in [0.1, 0.15) is 5.60 Å². The molecule has 0 saturated carbocycles. The summed E-state index contributed by atoms with van der Waals surface area (Å²) in [6, 6.07) is 18.5. The Hall–Kier alpha value is -2.43. The average molecular weight is 319 g/mol. The summed E-state index contributed by atoms with van der Waals surface area (Å²) in [5, 5.41) is 18.4. The maximum atomic E-state index is 10.8. The van der Waals surface area contributed by atoms with E-state index in [-0.39, 0.29) is 0 Å². The van der Waals surface area contributed by atoms with Gasteiger partial charge in [-0.25, -0.2) is 4.68 Å². The van der Waals surface area contributed by atoms with Gasteiger partial charge in [-0.3, -0.25) is 0 Å². The molecule has 0 radical (unpaired) electrons. The highest BCUT2D eigenvalue weighted by Gasteiger charge is 2.30. The van der Waals surface area contributed by atoms with Crippen LogP contribution < -0.4 is 5.32 Å². The molecule has 1 aliphatic heterocycles. The fourth-order valence-corrected chi connectivity index (χ4v) is 3.36. The van der Waals surface area contributed by atoms with Crippen molar-refractivity contribution in [2.75, 3.05) is 13.1 Å². The van der Waals surface area contributed by atoms with Gasteiger partial charge in [-0.1, -0.05) is 36.4 Å². The van der Waals surface area contributed by atoms with Gasteiger partial charge >= 0.3 is 0 Å². The summed E-state index contributed by atoms with van der Waals surface area (Å²) >= 11 is 0. The number of β-amino-alcohol motifs (C(OH)–C–C–N with tert-alkyl or cyclic N) is 1. The first-order valence-electron chi connectivity index (χ1n) is 8.39. The lowest BCUT2D eigenvalue weighted by molar-refractivity contribution is 0.0123. The summed E-state index contributed by atoms with van der Waals surface area (Å²) in [7, 11) is 0. The van der Waals surface area contributed by atoms with E-state index in [0.29, 0.717) is 6.54 Å². The molecule has 2 N–H and O–H groups in total. The van der Waals surface area contributed by atoms with Crippen LogP contribution in [0.15, 0.2) is 67.0 Å². The van der Waals surface area contributed by atoms with E-state index in [4.69, 9.17) is 0 Å². The average Bonchev–Trinajstić information content (AvgIpc) is 3.17. The highest BCUT2D eigenvalue weighted by Crippen LogP contribution is 2.30. The third kappa shape index (κ3) is 2.86. The Bertz CT molecular complexity index is 803. The quantitative estimate of drug-likeness (QED) is 0.780. The van der Waals surface area contributed by atoms with Crippen molar-refractivity contribution >= 4 is 0 Å². The number of nitrogens with one attached hydrogen (secondary N) is 1. The molecule has 1 atom stereocenters. The molecule has 122 valence electrons. The predicted molar refractivity (Wildman–Crippen MR) is 95.0 cm³/mol. The Morgan fingerprint density at radius 1 is 1.04 bits per heavy atom. The Kier molecular flexibility index (Phi) is 3.92. The first-order valence-corrected chi connectivity index (χ1v) is 8.39. The van der Waals surface area contributed by atoms with Gasteiger partial charge in [0.15, 0.2) is 0 Å². The zero-order chi connectivity index (χ0) is 16.4. The van der Waals surface area contributed by atoms with Gasteiger partial charge in [0.25, 0.3) is 0 Å². The molecular weight excluding hydrogens is 298 g/mol. The second-order valence-corrected chi connectivity index (χ2v) is 6.39. The van der Waals surface area contributed by atoms with E-state index in [1.54, 1.807) is 6.20 Å². The Balaban J connectivity index is 1.62. The summed E-state index contributed by atoms with van der Waals surface area (Å²) in [5.74, 6) is 0. The number of hydrogen-bond acceptors (Lipinski definition) is 3. The molecule has 2 heterocycles. The van der Waals surface area contributed by atoms with Gasteiger partial charge in [0.05, 0.1) is 5.69 Å². The maximum Gasteiger partial charge on any atom is 0.102 e. The smallest absolute Gasteiger partial charge is 0.102 e. The predicted octanol–water partition coefficient (Wildman–Crippen LogP) is 3.11. The van der Waals surface area contributed by atoms with Crippen LogP contribution >= 0.6 is 0 Å². The number of rotatable bonds is 3. The summed E-state index contributed by atoms with van der Waals surface area (Å²) in [5.41, 5.74) is 3.56. The molecule has 0 spiro atoms. The molecule has 2 aromatic carbocycles. The fourth-order valence-electron chi connectivity index (χ4n) is 3.36. The van der Waals surface area contributed by atoms with Crippen molar-refractivity contribution in [1.29, 1.82) is 0 Å². The topological polar surface area (TPSA) is 50.1 Å². The molecule has 1 unspecified atom stereocenters. The first kappa shape index (κ1) is 15.1. The van der Waals surface area contributed by atoms with Gasteiger partial charge in [-0.2, -0.15) is 5.10 Å². The molecule has 3 aromatic rings. The third-order valence-corrected chi connectivity index (χ3v) is 4.73. The van der Waals surface area contributed by atoms with E-state index in [1.807, 2.05) is 41.2 Å². The van der Waals surface area contributed by atoms with Crippen molar-refractivity contribution in [2.45, 2.75) is 18.4 Å². The molecule has 0 bridgehead atoms. The monoisotopic (exact) mass is 319 g/mol. The van der Waals surface area contributed by atoms with Crippen LogP contribution in [0.1, 0.15) is 18.4 Å². The first-order chi connectivity index (χ1) is 11.7. The maximum absolute atomic E-state index is 10.8. The lowest BCUT2D eigenvalue weighted by Gasteiger charge is -2.33. The van der Waals surface area contributed by atoms with Crippen LogP contribution in [0, 0.1) is 0 Å². The molecule has 1 aliphatic rings. The van der Waals surface area contributed by atoms with E-state index in [9.17, 15) is 5.11 Å². The lowest BCUT2D eigenvalue weighted by atomic mass is 9.86. The van der Waals surface area contributed by atoms with Crippen LogP contribution in [0.25, 0.3) is 16.8 Å². The normalized spacial score (nSPS) is 20.9. The molecule has 4 nitrogen and oxygen atoms in total. The van der Waals surface area contributed by atoms with E-state index in [2.05, 4.69) is 34.7 Å².